The Bertz CT molecular complexity index is 292. The molecule has 58 valence electrons. The van der Waals surface area contributed by atoms with Crippen molar-refractivity contribution in [1.29, 1.82) is 0 Å². The normalized spacial score (nSPS) is 16.8. The van der Waals surface area contributed by atoms with Crippen molar-refractivity contribution in [2.24, 2.45) is 0 Å². The molecule has 1 aliphatic heterocycles. The van der Waals surface area contributed by atoms with Gasteiger partial charge in [-0.05, 0) is 0 Å². The van der Waals surface area contributed by atoms with Crippen LogP contribution in [0.4, 0.5) is 4.79 Å². The van der Waals surface area contributed by atoms with Crippen LogP contribution in [0.3, 0.4) is 0 Å². The number of hydrogen-bond acceptors (Lipinski definition) is 2. The minimum atomic E-state index is 0.0174. The average molecular weight is 151 g/mol. The fraction of sp³-hybridized carbons (Fsp3) is 0.429. The zero-order valence-corrected chi connectivity index (χ0v) is 6.32. The van der Waals surface area contributed by atoms with Crippen LogP contribution in [-0.2, 0) is 6.42 Å². The summed E-state index contributed by atoms with van der Waals surface area (Å²) in [6, 6.07) is 0.0174. The van der Waals surface area contributed by atoms with E-state index in [0.29, 0.717) is 0 Å². The van der Waals surface area contributed by atoms with Gasteiger partial charge >= 0.3 is 6.03 Å². The predicted molar refractivity (Wildman–Crippen MR) is 39.4 cm³/mol. The first-order chi connectivity index (χ1) is 5.29. The summed E-state index contributed by atoms with van der Waals surface area (Å²) in [7, 11) is 1.80. The topological polar surface area (TPSA) is 38.1 Å². The molecular weight excluding hydrogens is 142 g/mol. The number of fused-ring (bicyclic) bond motifs is 1. The lowest BCUT2D eigenvalue weighted by Crippen LogP contribution is -2.38. The van der Waals surface area contributed by atoms with Gasteiger partial charge in [0.1, 0.15) is 5.82 Å². The number of likely N-dealkylation sites (N-methyl/N-ethyl adjacent to an activating group) is 1. The molecule has 0 spiro atoms. The summed E-state index contributed by atoms with van der Waals surface area (Å²) in [5, 5.41) is 0. The van der Waals surface area contributed by atoms with Crippen molar-refractivity contribution < 1.29 is 4.79 Å². The van der Waals surface area contributed by atoms with E-state index in [4.69, 9.17) is 0 Å². The van der Waals surface area contributed by atoms with E-state index in [-0.39, 0.29) is 6.03 Å². The maximum absolute atomic E-state index is 11.3. The van der Waals surface area contributed by atoms with E-state index >= 15 is 0 Å². The molecule has 11 heavy (non-hydrogen) atoms. The third-order valence-electron chi connectivity index (χ3n) is 1.92. The molecule has 0 atom stereocenters. The van der Waals surface area contributed by atoms with E-state index < -0.39 is 0 Å². The molecule has 0 bridgehead atoms. The molecule has 0 unspecified atom stereocenters. The lowest BCUT2D eigenvalue weighted by molar-refractivity contribution is 0.203. The molecular formula is C7H9N3O. The quantitative estimate of drug-likeness (QED) is 0.536. The Morgan fingerprint density at radius 1 is 1.64 bits per heavy atom. The van der Waals surface area contributed by atoms with Gasteiger partial charge in [-0.1, -0.05) is 0 Å². The monoisotopic (exact) mass is 151 g/mol. The largest absolute Gasteiger partial charge is 0.329 e. The summed E-state index contributed by atoms with van der Waals surface area (Å²) in [4.78, 5) is 17.1. The Kier molecular flexibility index (Phi) is 1.21. The number of nitrogens with zero attached hydrogens (tertiary/aromatic N) is 3. The first-order valence-corrected chi connectivity index (χ1v) is 3.57. The van der Waals surface area contributed by atoms with Gasteiger partial charge in [-0.3, -0.25) is 4.57 Å². The number of amides is 1. The smallest absolute Gasteiger partial charge is 0.327 e. The summed E-state index contributed by atoms with van der Waals surface area (Å²) in [5.74, 6) is 0.869. The second kappa shape index (κ2) is 2.08. The van der Waals surface area contributed by atoms with Crippen molar-refractivity contribution in [3.8, 4) is 0 Å². The molecule has 0 aliphatic carbocycles. The molecule has 0 fully saturated rings. The molecule has 2 heterocycles. The van der Waals surface area contributed by atoms with Gasteiger partial charge in [0.25, 0.3) is 0 Å². The van der Waals surface area contributed by atoms with Crippen molar-refractivity contribution in [2.75, 3.05) is 13.6 Å². The van der Waals surface area contributed by atoms with E-state index in [1.54, 1.807) is 28.9 Å². The molecule has 4 nitrogen and oxygen atoms in total. The van der Waals surface area contributed by atoms with Gasteiger partial charge in [-0.2, -0.15) is 0 Å². The first kappa shape index (κ1) is 6.39. The Balaban J connectivity index is 2.46. The summed E-state index contributed by atoms with van der Waals surface area (Å²) in [6.07, 6.45) is 4.22. The van der Waals surface area contributed by atoms with Crippen LogP contribution >= 0.6 is 0 Å². The second-order valence-electron chi connectivity index (χ2n) is 2.67. The van der Waals surface area contributed by atoms with Crippen molar-refractivity contribution in [1.82, 2.24) is 14.5 Å². The van der Waals surface area contributed by atoms with E-state index in [0.717, 1.165) is 18.8 Å². The highest BCUT2D eigenvalue weighted by atomic mass is 16.2. The molecule has 1 aromatic rings. The summed E-state index contributed by atoms with van der Waals surface area (Å²) >= 11 is 0. The third-order valence-corrected chi connectivity index (χ3v) is 1.92. The fourth-order valence-electron chi connectivity index (χ4n) is 1.24. The Hall–Kier alpha value is -1.32. The van der Waals surface area contributed by atoms with Crippen molar-refractivity contribution >= 4 is 6.03 Å². The fourth-order valence-corrected chi connectivity index (χ4v) is 1.24. The zero-order chi connectivity index (χ0) is 7.84. The van der Waals surface area contributed by atoms with Gasteiger partial charge < -0.3 is 4.90 Å². The van der Waals surface area contributed by atoms with E-state index in [9.17, 15) is 4.79 Å². The van der Waals surface area contributed by atoms with Gasteiger partial charge in [-0.25, -0.2) is 9.78 Å². The number of imidazole rings is 1. The molecule has 1 amide bonds. The standard InChI is InChI=1S/C7H9N3O/c1-9-4-2-6-8-3-5-10(6)7(9)11/h3,5H,2,4H2,1H3. The van der Waals surface area contributed by atoms with Crippen LogP contribution in [-0.4, -0.2) is 34.1 Å². The minimum Gasteiger partial charge on any atom is -0.327 e. The van der Waals surface area contributed by atoms with Gasteiger partial charge in [0.15, 0.2) is 0 Å². The van der Waals surface area contributed by atoms with Crippen LogP contribution in [0, 0.1) is 0 Å². The molecule has 0 saturated carbocycles. The maximum Gasteiger partial charge on any atom is 0.329 e. The van der Waals surface area contributed by atoms with E-state index in [2.05, 4.69) is 4.98 Å². The second-order valence-corrected chi connectivity index (χ2v) is 2.67. The van der Waals surface area contributed by atoms with E-state index in [1.807, 2.05) is 0 Å². The van der Waals surface area contributed by atoms with Crippen LogP contribution in [0.15, 0.2) is 12.4 Å². The average Bonchev–Trinajstić information content (AvgIpc) is 2.45. The van der Waals surface area contributed by atoms with E-state index in [1.165, 1.54) is 0 Å². The van der Waals surface area contributed by atoms with Gasteiger partial charge in [0.05, 0.1) is 0 Å². The SMILES string of the molecule is CN1CCc2nccn2C1=O. The molecule has 1 aromatic heterocycles. The molecule has 0 N–H and O–H groups in total. The van der Waals surface area contributed by atoms with Crippen molar-refractivity contribution in [3.63, 3.8) is 0 Å². The van der Waals surface area contributed by atoms with Crippen LogP contribution in [0.5, 0.6) is 0 Å². The summed E-state index contributed by atoms with van der Waals surface area (Å²) in [5.41, 5.74) is 0. The Labute approximate surface area is 64.4 Å². The number of rotatable bonds is 0. The molecule has 0 radical (unpaired) electrons. The lowest BCUT2D eigenvalue weighted by atomic mass is 10.3. The Morgan fingerprint density at radius 2 is 2.45 bits per heavy atom. The van der Waals surface area contributed by atoms with Crippen molar-refractivity contribution in [2.45, 2.75) is 6.42 Å². The predicted octanol–water partition coefficient (Wildman–Crippen LogP) is 0.339. The number of carbonyl (C=O) groups is 1. The summed E-state index contributed by atoms with van der Waals surface area (Å²) < 4.78 is 1.59. The van der Waals surface area contributed by atoms with Crippen molar-refractivity contribution in [3.05, 3.63) is 18.2 Å². The van der Waals surface area contributed by atoms with Gasteiger partial charge in [0, 0.05) is 32.4 Å². The van der Waals surface area contributed by atoms with Gasteiger partial charge in [0.2, 0.25) is 0 Å². The number of hydrogen-bond donors (Lipinski definition) is 0. The van der Waals surface area contributed by atoms with Crippen LogP contribution in [0.25, 0.3) is 0 Å². The highest BCUT2D eigenvalue weighted by Crippen LogP contribution is 2.07. The highest BCUT2D eigenvalue weighted by Gasteiger charge is 2.20. The summed E-state index contributed by atoms with van der Waals surface area (Å²) in [6.45, 7) is 0.774. The highest BCUT2D eigenvalue weighted by molar-refractivity contribution is 5.78. The van der Waals surface area contributed by atoms with Gasteiger partial charge in [-0.15, -0.1) is 0 Å². The molecule has 0 aromatic carbocycles. The molecule has 4 heteroatoms. The Morgan fingerprint density at radius 3 is 3.27 bits per heavy atom. The lowest BCUT2D eigenvalue weighted by Gasteiger charge is -2.22. The molecule has 0 saturated heterocycles. The van der Waals surface area contributed by atoms with Crippen LogP contribution in [0.2, 0.25) is 0 Å². The molecule has 2 rings (SSSR count). The van der Waals surface area contributed by atoms with Crippen LogP contribution in [0.1, 0.15) is 5.82 Å². The van der Waals surface area contributed by atoms with Crippen LogP contribution < -0.4 is 0 Å². The zero-order valence-electron chi connectivity index (χ0n) is 6.32. The first-order valence-electron chi connectivity index (χ1n) is 3.57. The number of aromatic nitrogens is 2. The molecule has 1 aliphatic rings. The maximum atomic E-state index is 11.3. The minimum absolute atomic E-state index is 0.0174. The number of carbonyl (C=O) groups excluding carboxylic acids is 1. The third kappa shape index (κ3) is 0.824.